The number of carbonyl (C=O) groups excluding carboxylic acids is 1. The largest absolute Gasteiger partial charge is 0.496 e. The van der Waals surface area contributed by atoms with E-state index in [4.69, 9.17) is 4.74 Å². The Morgan fingerprint density at radius 1 is 1.58 bits per heavy atom. The molecule has 1 aromatic rings. The van der Waals surface area contributed by atoms with E-state index < -0.39 is 0 Å². The summed E-state index contributed by atoms with van der Waals surface area (Å²) in [6.07, 6.45) is 1.04. The molecular formula is C14H18BrNO2S. The number of ketones is 1. The molecule has 0 spiro atoms. The number of hydrogen-bond acceptors (Lipinski definition) is 4. The van der Waals surface area contributed by atoms with Crippen molar-refractivity contribution >= 4 is 33.5 Å². The summed E-state index contributed by atoms with van der Waals surface area (Å²) in [5.74, 6) is 3.21. The molecule has 1 aliphatic heterocycles. The van der Waals surface area contributed by atoms with Gasteiger partial charge in [-0.2, -0.15) is 11.8 Å². The van der Waals surface area contributed by atoms with Gasteiger partial charge in [0.15, 0.2) is 0 Å². The lowest BCUT2D eigenvalue weighted by Crippen LogP contribution is -2.39. The summed E-state index contributed by atoms with van der Waals surface area (Å²) in [4.78, 5) is 12.1. The highest BCUT2D eigenvalue weighted by atomic mass is 79.9. The zero-order chi connectivity index (χ0) is 13.7. The average Bonchev–Trinajstić information content (AvgIpc) is 2.40. The molecule has 5 heteroatoms. The van der Waals surface area contributed by atoms with Crippen LogP contribution >= 0.6 is 27.7 Å². The van der Waals surface area contributed by atoms with Gasteiger partial charge in [-0.1, -0.05) is 15.9 Å². The lowest BCUT2D eigenvalue weighted by molar-refractivity contribution is -0.118. The molecule has 104 valence electrons. The zero-order valence-corrected chi connectivity index (χ0v) is 13.4. The van der Waals surface area contributed by atoms with Gasteiger partial charge in [-0.05, 0) is 18.2 Å². The smallest absolute Gasteiger partial charge is 0.138 e. The third kappa shape index (κ3) is 4.51. The maximum Gasteiger partial charge on any atom is 0.138 e. The minimum absolute atomic E-state index is 0.261. The van der Waals surface area contributed by atoms with Crippen molar-refractivity contribution in [3.05, 3.63) is 28.2 Å². The second-order valence-electron chi connectivity index (χ2n) is 4.60. The first-order valence-corrected chi connectivity index (χ1v) is 8.29. The van der Waals surface area contributed by atoms with E-state index in [1.54, 1.807) is 7.11 Å². The Kier molecular flexibility index (Phi) is 5.73. The fraction of sp³-hybridized carbons (Fsp3) is 0.500. The van der Waals surface area contributed by atoms with Crippen molar-refractivity contribution in [2.45, 2.75) is 18.9 Å². The summed E-state index contributed by atoms with van der Waals surface area (Å²) in [5, 5.41) is 3.39. The molecule has 1 aromatic carbocycles. The summed E-state index contributed by atoms with van der Waals surface area (Å²) in [5.41, 5.74) is 0.949. The SMILES string of the molecule is COc1ccc(Br)cc1CC(=O)CC1CSCCN1. The molecule has 1 fully saturated rings. The van der Waals surface area contributed by atoms with Gasteiger partial charge >= 0.3 is 0 Å². The number of benzene rings is 1. The van der Waals surface area contributed by atoms with Crippen molar-refractivity contribution in [2.75, 3.05) is 25.2 Å². The van der Waals surface area contributed by atoms with E-state index in [0.717, 1.165) is 33.8 Å². The van der Waals surface area contributed by atoms with E-state index in [2.05, 4.69) is 21.2 Å². The monoisotopic (exact) mass is 343 g/mol. The third-order valence-electron chi connectivity index (χ3n) is 3.10. The molecule has 3 nitrogen and oxygen atoms in total. The number of nitrogens with one attached hydrogen (secondary N) is 1. The number of halogens is 1. The van der Waals surface area contributed by atoms with Crippen molar-refractivity contribution < 1.29 is 9.53 Å². The molecule has 2 rings (SSSR count). The first-order chi connectivity index (χ1) is 9.19. The molecule has 0 amide bonds. The van der Waals surface area contributed by atoms with Crippen LogP contribution in [0.5, 0.6) is 5.75 Å². The van der Waals surface area contributed by atoms with Gasteiger partial charge in [0.2, 0.25) is 0 Å². The maximum absolute atomic E-state index is 12.1. The number of hydrogen-bond donors (Lipinski definition) is 1. The highest BCUT2D eigenvalue weighted by Crippen LogP contribution is 2.24. The average molecular weight is 344 g/mol. The van der Waals surface area contributed by atoms with Crippen molar-refractivity contribution in [3.63, 3.8) is 0 Å². The van der Waals surface area contributed by atoms with Crippen LogP contribution in [0.2, 0.25) is 0 Å². The van der Waals surface area contributed by atoms with Crippen molar-refractivity contribution in [1.29, 1.82) is 0 Å². The first-order valence-electron chi connectivity index (χ1n) is 6.34. The molecular weight excluding hydrogens is 326 g/mol. The summed E-state index contributed by atoms with van der Waals surface area (Å²) in [6, 6.07) is 6.09. The maximum atomic E-state index is 12.1. The molecule has 0 aromatic heterocycles. The van der Waals surface area contributed by atoms with Gasteiger partial charge in [-0.15, -0.1) is 0 Å². The number of ether oxygens (including phenoxy) is 1. The van der Waals surface area contributed by atoms with E-state index in [1.807, 2.05) is 30.0 Å². The standard InChI is InChI=1S/C14H18BrNO2S/c1-18-14-3-2-11(15)6-10(14)7-13(17)8-12-9-19-5-4-16-12/h2-3,6,12,16H,4-5,7-9H2,1H3. The van der Waals surface area contributed by atoms with Gasteiger partial charge in [0.05, 0.1) is 7.11 Å². The Morgan fingerprint density at radius 3 is 3.11 bits per heavy atom. The fourth-order valence-corrected chi connectivity index (χ4v) is 3.55. The van der Waals surface area contributed by atoms with Crippen LogP contribution < -0.4 is 10.1 Å². The van der Waals surface area contributed by atoms with Gasteiger partial charge in [0.1, 0.15) is 11.5 Å². The Hall–Kier alpha value is -0.520. The Labute approximate surface area is 126 Å². The Balaban J connectivity index is 1.95. The molecule has 1 heterocycles. The molecule has 1 saturated heterocycles. The van der Waals surface area contributed by atoms with Crippen LogP contribution in [0.3, 0.4) is 0 Å². The van der Waals surface area contributed by atoms with Crippen LogP contribution in [-0.2, 0) is 11.2 Å². The van der Waals surface area contributed by atoms with Gasteiger partial charge in [-0.25, -0.2) is 0 Å². The Morgan fingerprint density at radius 2 is 2.42 bits per heavy atom. The zero-order valence-electron chi connectivity index (χ0n) is 10.9. The molecule has 0 radical (unpaired) electrons. The number of carbonyl (C=O) groups is 1. The predicted octanol–water partition coefficient (Wildman–Crippen LogP) is 2.66. The molecule has 0 saturated carbocycles. The number of thioether (sulfide) groups is 1. The molecule has 1 N–H and O–H groups in total. The highest BCUT2D eigenvalue weighted by molar-refractivity contribution is 9.10. The van der Waals surface area contributed by atoms with Crippen LogP contribution in [0.25, 0.3) is 0 Å². The summed E-state index contributed by atoms with van der Waals surface area (Å²) >= 11 is 5.35. The molecule has 19 heavy (non-hydrogen) atoms. The molecule has 1 unspecified atom stereocenters. The van der Waals surface area contributed by atoms with E-state index in [-0.39, 0.29) is 5.78 Å². The van der Waals surface area contributed by atoms with Crippen LogP contribution in [0.15, 0.2) is 22.7 Å². The summed E-state index contributed by atoms with van der Waals surface area (Å²) < 4.78 is 6.27. The first kappa shape index (κ1) is 14.9. The van der Waals surface area contributed by atoms with Crippen molar-refractivity contribution in [3.8, 4) is 5.75 Å². The minimum atomic E-state index is 0.261. The van der Waals surface area contributed by atoms with Crippen LogP contribution in [0.1, 0.15) is 12.0 Å². The lowest BCUT2D eigenvalue weighted by Gasteiger charge is -2.22. The van der Waals surface area contributed by atoms with Gasteiger partial charge < -0.3 is 10.1 Å². The summed E-state index contributed by atoms with van der Waals surface area (Å²) in [6.45, 7) is 1.00. The van der Waals surface area contributed by atoms with Gasteiger partial charge in [-0.3, -0.25) is 4.79 Å². The fourth-order valence-electron chi connectivity index (χ4n) is 2.20. The third-order valence-corrected chi connectivity index (χ3v) is 4.73. The number of rotatable bonds is 5. The normalized spacial score (nSPS) is 19.2. The second-order valence-corrected chi connectivity index (χ2v) is 6.67. The van der Waals surface area contributed by atoms with E-state index in [9.17, 15) is 4.79 Å². The molecule has 1 atom stereocenters. The number of methoxy groups -OCH3 is 1. The van der Waals surface area contributed by atoms with E-state index in [0.29, 0.717) is 18.9 Å². The molecule has 1 aliphatic rings. The quantitative estimate of drug-likeness (QED) is 0.891. The van der Waals surface area contributed by atoms with Crippen molar-refractivity contribution in [1.82, 2.24) is 5.32 Å². The van der Waals surface area contributed by atoms with E-state index in [1.165, 1.54) is 0 Å². The second kappa shape index (κ2) is 7.31. The highest BCUT2D eigenvalue weighted by Gasteiger charge is 2.18. The van der Waals surface area contributed by atoms with Crippen LogP contribution in [-0.4, -0.2) is 37.0 Å². The van der Waals surface area contributed by atoms with Gasteiger partial charge in [0, 0.05) is 47.0 Å². The Bertz CT molecular complexity index is 447. The predicted molar refractivity (Wildman–Crippen MR) is 83.1 cm³/mol. The van der Waals surface area contributed by atoms with Gasteiger partial charge in [0.25, 0.3) is 0 Å². The summed E-state index contributed by atoms with van der Waals surface area (Å²) in [7, 11) is 1.64. The van der Waals surface area contributed by atoms with Crippen LogP contribution in [0.4, 0.5) is 0 Å². The van der Waals surface area contributed by atoms with Crippen LogP contribution in [0, 0.1) is 0 Å². The molecule has 0 aliphatic carbocycles. The molecule has 0 bridgehead atoms. The number of Topliss-reactive ketones (excluding diaryl/α,β-unsaturated/α-hetero) is 1. The topological polar surface area (TPSA) is 38.3 Å². The van der Waals surface area contributed by atoms with E-state index >= 15 is 0 Å². The van der Waals surface area contributed by atoms with Crippen molar-refractivity contribution in [2.24, 2.45) is 0 Å². The lowest BCUT2D eigenvalue weighted by atomic mass is 10.0. The minimum Gasteiger partial charge on any atom is -0.496 e.